The summed E-state index contributed by atoms with van der Waals surface area (Å²) in [4.78, 5) is 89.8. The zero-order valence-electron chi connectivity index (χ0n) is 35.4. The van der Waals surface area contributed by atoms with E-state index in [1.165, 1.54) is 81.8 Å². The second kappa shape index (κ2) is 20.4. The van der Waals surface area contributed by atoms with E-state index in [1.54, 1.807) is 18.2 Å². The first kappa shape index (κ1) is 45.8. The monoisotopic (exact) mass is 889 g/mol. The number of carbonyl (C=O) groups is 6. The van der Waals surface area contributed by atoms with Gasteiger partial charge in [-0.25, -0.2) is 9.59 Å². The van der Waals surface area contributed by atoms with Gasteiger partial charge in [0.2, 0.25) is 51.7 Å². The fourth-order valence-corrected chi connectivity index (χ4v) is 6.92. The van der Waals surface area contributed by atoms with Gasteiger partial charge in [0.1, 0.15) is 42.6 Å². The Morgan fingerprint density at radius 2 is 1.29 bits per heavy atom. The molecule has 65 heavy (non-hydrogen) atoms. The van der Waals surface area contributed by atoms with Crippen LogP contribution in [0.3, 0.4) is 0 Å². The fraction of sp³-hybridized carbons (Fsp3) is 0.273. The van der Waals surface area contributed by atoms with Crippen LogP contribution in [0.1, 0.15) is 41.3 Å². The highest BCUT2D eigenvalue weighted by atomic mass is 16.6. The number of amides is 5. The maximum absolute atomic E-state index is 14.9. The number of nitrogens with one attached hydrogen (secondary N) is 5. The normalized spacial score (nSPS) is 19.6. The molecule has 21 heteroatoms. The second-order valence-corrected chi connectivity index (χ2v) is 14.5. The molecule has 334 valence electrons. The second-order valence-electron chi connectivity index (χ2n) is 14.5. The molecule has 4 aromatic rings. The third-order valence-corrected chi connectivity index (χ3v) is 10.2. The van der Waals surface area contributed by atoms with Gasteiger partial charge in [-0.15, -0.1) is 0 Å². The zero-order valence-corrected chi connectivity index (χ0v) is 35.4. The molecule has 21 nitrogen and oxygen atoms in total. The third kappa shape index (κ3) is 10.7. The Balaban J connectivity index is 1.58. The van der Waals surface area contributed by atoms with Crippen LogP contribution in [-0.2, 0) is 46.3 Å². The van der Waals surface area contributed by atoms with Gasteiger partial charge in [0.05, 0.1) is 21.3 Å². The van der Waals surface area contributed by atoms with Crippen molar-refractivity contribution in [1.82, 2.24) is 26.6 Å². The van der Waals surface area contributed by atoms with Crippen molar-refractivity contribution in [2.45, 2.75) is 50.0 Å². The summed E-state index contributed by atoms with van der Waals surface area (Å²) in [5.41, 5.74) is 0.686. The quantitative estimate of drug-likeness (QED) is 0.0945. The number of alkyl carbamates (subject to hydrolysis) is 1. The standard InChI is InChI=1S/C44H41N9O12/c1-6-15-63-44(59)49-30-18-23-7-13-32(28(16-23)52-45)64-34-20-26-21-35(38(34)61-4)65-33-14-8-24(17-29(33)53-46)19-31(43(58)62-5)48-41(56)36(25-9-11-27(60-3)12-10-25)51-42(57)37(26)50-39(54)22(2)47-40(30)55/h6-14,16-17,20-22,30-31,36-37H,1,15,18-19H2,2-5H3,(H3-2,47,48,49,50,51,54,55,56,57,59)/p+2/t22-,30-,31+,36-,37+/m1/s1. The summed E-state index contributed by atoms with van der Waals surface area (Å²) in [7, 11) is 3.87. The van der Waals surface area contributed by atoms with Crippen molar-refractivity contribution in [2.24, 2.45) is 0 Å². The van der Waals surface area contributed by atoms with Gasteiger partial charge in [0, 0.05) is 25.0 Å². The van der Waals surface area contributed by atoms with E-state index in [-0.39, 0.29) is 70.7 Å². The summed E-state index contributed by atoms with van der Waals surface area (Å²) in [5.74, 6) is -4.54. The van der Waals surface area contributed by atoms with Crippen LogP contribution in [0.15, 0.2) is 85.5 Å². The molecule has 5 atom stereocenters. The number of ether oxygens (including phenoxy) is 6. The van der Waals surface area contributed by atoms with Crippen molar-refractivity contribution in [3.05, 3.63) is 118 Å². The van der Waals surface area contributed by atoms with Gasteiger partial charge in [-0.05, 0) is 65.6 Å². The number of carbonyl (C=O) groups excluding carboxylic acids is 6. The highest BCUT2D eigenvalue weighted by molar-refractivity contribution is 5.97. The first-order chi connectivity index (χ1) is 31.3. The van der Waals surface area contributed by atoms with Crippen LogP contribution < -0.4 is 45.5 Å². The van der Waals surface area contributed by atoms with Crippen molar-refractivity contribution in [1.29, 1.82) is 10.8 Å². The van der Waals surface area contributed by atoms with E-state index in [2.05, 4.69) is 43.1 Å². The summed E-state index contributed by atoms with van der Waals surface area (Å²) in [6, 6.07) is 10.1. The van der Waals surface area contributed by atoms with E-state index in [0.29, 0.717) is 16.9 Å². The number of nitrogens with zero attached hydrogens (tertiary/aromatic N) is 4. The molecule has 0 fully saturated rings. The number of methoxy groups -OCH3 is 3. The van der Waals surface area contributed by atoms with Crippen LogP contribution in [-0.4, -0.2) is 81.8 Å². The Bertz CT molecular complexity index is 2630. The SMILES string of the molecule is C=CCOC(=O)N[C@@H]1Cc2ccc(c([N+]#N)c2)Oc2cc3cc(c2OC)Oc2ccc(cc2[N+]#N)C[C@@H](C(=O)OC)NC(=O)[C@@H](c2ccc(OC)cc2)NC(=O)[C@H]3NC(=O)[C@@H](C)NC1=O. The predicted octanol–water partition coefficient (Wildman–Crippen LogP) is 4.83. The minimum atomic E-state index is -1.75. The molecular formula is C44H43N9O12+2. The molecule has 5 N–H and O–H groups in total. The molecule has 4 aromatic carbocycles. The maximum atomic E-state index is 14.9. The highest BCUT2D eigenvalue weighted by Crippen LogP contribution is 2.47. The Hall–Kier alpha value is -8.72. The molecule has 7 bridgehead atoms. The maximum Gasteiger partial charge on any atom is 0.427 e. The number of diazo groups is 2. The van der Waals surface area contributed by atoms with E-state index < -0.39 is 65.9 Å². The highest BCUT2D eigenvalue weighted by Gasteiger charge is 2.36. The Morgan fingerprint density at radius 3 is 1.85 bits per heavy atom. The van der Waals surface area contributed by atoms with Crippen molar-refractivity contribution in [3.8, 4) is 34.5 Å². The number of fused-ring (bicyclic) bond motifs is 16. The summed E-state index contributed by atoms with van der Waals surface area (Å²) < 4.78 is 33.7. The van der Waals surface area contributed by atoms with Crippen molar-refractivity contribution < 1.29 is 57.2 Å². The predicted molar refractivity (Wildman–Crippen MR) is 228 cm³/mol. The van der Waals surface area contributed by atoms with E-state index in [9.17, 15) is 39.6 Å². The molecule has 4 heterocycles. The molecule has 0 unspecified atom stereocenters. The summed E-state index contributed by atoms with van der Waals surface area (Å²) >= 11 is 0. The van der Waals surface area contributed by atoms with Crippen LogP contribution in [0.4, 0.5) is 16.2 Å². The van der Waals surface area contributed by atoms with Gasteiger partial charge >= 0.3 is 23.4 Å². The van der Waals surface area contributed by atoms with E-state index in [0.717, 1.165) is 7.11 Å². The molecule has 0 saturated heterocycles. The van der Waals surface area contributed by atoms with Gasteiger partial charge in [-0.2, -0.15) is 0 Å². The largest absolute Gasteiger partial charge is 0.497 e. The molecule has 8 rings (SSSR count). The molecule has 0 saturated carbocycles. The van der Waals surface area contributed by atoms with Gasteiger partial charge in [0.15, 0.2) is 21.5 Å². The van der Waals surface area contributed by atoms with Gasteiger partial charge in [-0.1, -0.05) is 36.9 Å². The Labute approximate surface area is 371 Å². The summed E-state index contributed by atoms with van der Waals surface area (Å²) in [6.45, 7) is 4.66. The molecule has 4 aliphatic rings. The number of benzene rings is 4. The van der Waals surface area contributed by atoms with Crippen LogP contribution in [0.2, 0.25) is 0 Å². The van der Waals surface area contributed by atoms with Crippen molar-refractivity contribution in [2.75, 3.05) is 27.9 Å². The smallest absolute Gasteiger partial charge is 0.427 e. The van der Waals surface area contributed by atoms with Crippen LogP contribution in [0, 0.1) is 10.8 Å². The van der Waals surface area contributed by atoms with Gasteiger partial charge in [0.25, 0.3) is 0 Å². The molecule has 4 aliphatic heterocycles. The van der Waals surface area contributed by atoms with Crippen LogP contribution >= 0.6 is 0 Å². The van der Waals surface area contributed by atoms with Crippen LogP contribution in [0.5, 0.6) is 34.5 Å². The van der Waals surface area contributed by atoms with E-state index in [1.807, 2.05) is 0 Å². The number of rotatable bonds is 7. The van der Waals surface area contributed by atoms with E-state index >= 15 is 0 Å². The molecule has 0 spiro atoms. The molecule has 0 aliphatic carbocycles. The molecule has 0 radical (unpaired) electrons. The average molecular weight is 890 g/mol. The lowest BCUT2D eigenvalue weighted by molar-refractivity contribution is -0.145. The molecular weight excluding hydrogens is 847 g/mol. The third-order valence-electron chi connectivity index (χ3n) is 10.2. The lowest BCUT2D eigenvalue weighted by Gasteiger charge is -2.27. The number of hydrogen-bond donors (Lipinski definition) is 5. The lowest BCUT2D eigenvalue weighted by Crippen LogP contribution is -2.55. The molecule has 0 aromatic heterocycles. The lowest BCUT2D eigenvalue weighted by atomic mass is 9.99. The van der Waals surface area contributed by atoms with Crippen LogP contribution in [0.25, 0.3) is 9.95 Å². The minimum Gasteiger partial charge on any atom is -0.497 e. The average Bonchev–Trinajstić information content (AvgIpc) is 3.30. The topological polar surface area (TPSA) is 274 Å². The number of hydrogen-bond acceptors (Lipinski definition) is 14. The molecule has 5 amide bonds. The summed E-state index contributed by atoms with van der Waals surface area (Å²) in [5, 5.41) is 33.3. The van der Waals surface area contributed by atoms with Gasteiger partial charge < -0.3 is 55.0 Å². The zero-order chi connectivity index (χ0) is 46.8. The first-order valence-corrected chi connectivity index (χ1v) is 19.8. The number of esters is 1. The first-order valence-electron chi connectivity index (χ1n) is 19.8. The van der Waals surface area contributed by atoms with Gasteiger partial charge in [-0.3, -0.25) is 19.2 Å². The Kier molecular flexibility index (Phi) is 14.4. The minimum absolute atomic E-state index is 0.0524. The van der Waals surface area contributed by atoms with Crippen molar-refractivity contribution in [3.63, 3.8) is 0 Å². The Morgan fingerprint density at radius 1 is 0.723 bits per heavy atom. The van der Waals surface area contributed by atoms with Crippen molar-refractivity contribution >= 4 is 47.1 Å². The summed E-state index contributed by atoms with van der Waals surface area (Å²) in [6.07, 6.45) is -0.0196. The fourth-order valence-electron chi connectivity index (χ4n) is 6.92. The van der Waals surface area contributed by atoms with E-state index in [4.69, 9.17) is 28.4 Å².